The van der Waals surface area contributed by atoms with Crippen molar-refractivity contribution in [3.63, 3.8) is 0 Å². The molecule has 0 saturated heterocycles. The first-order valence-corrected chi connectivity index (χ1v) is 4.63. The van der Waals surface area contributed by atoms with Gasteiger partial charge in [-0.1, -0.05) is 0 Å². The van der Waals surface area contributed by atoms with Crippen LogP contribution in [0.1, 0.15) is 19.4 Å². The summed E-state index contributed by atoms with van der Waals surface area (Å²) in [6.45, 7) is 5.25. The molecule has 1 rings (SSSR count). The first-order chi connectivity index (χ1) is 6.83. The van der Waals surface area contributed by atoms with Gasteiger partial charge in [0.05, 0.1) is 5.69 Å². The molecule has 0 radical (unpaired) electrons. The number of nitrogens with two attached hydrogens (primary N) is 2. The van der Waals surface area contributed by atoms with Crippen LogP contribution in [-0.4, -0.2) is 16.4 Å². The number of nitrogens with zero attached hydrogens (tertiary/aromatic N) is 1. The zero-order chi connectivity index (χ0) is 11.6. The van der Waals surface area contributed by atoms with E-state index in [1.54, 1.807) is 26.1 Å². The highest BCUT2D eigenvalue weighted by Gasteiger charge is 2.25. The number of nitrogen functional groups attached to an aromatic ring is 1. The number of carbonyl (C=O) groups excluding carboxylic acids is 1. The predicted octanol–water partition coefficient (Wildman–Crippen LogP) is 0.648. The third-order valence-electron chi connectivity index (χ3n) is 2.10. The lowest BCUT2D eigenvalue weighted by Crippen LogP contribution is -2.45. The van der Waals surface area contributed by atoms with Gasteiger partial charge in [0.15, 0.2) is 0 Å². The molecule has 0 aliphatic heterocycles. The summed E-state index contributed by atoms with van der Waals surface area (Å²) in [6.07, 6.45) is 1.68. The van der Waals surface area contributed by atoms with E-state index in [0.717, 1.165) is 5.56 Å². The van der Waals surface area contributed by atoms with Crippen LogP contribution in [0.5, 0.6) is 0 Å². The largest absolute Gasteiger partial charge is 0.396 e. The Morgan fingerprint density at radius 1 is 1.53 bits per heavy atom. The molecule has 0 fully saturated rings. The van der Waals surface area contributed by atoms with Crippen molar-refractivity contribution >= 4 is 17.4 Å². The molecule has 0 bridgehead atoms. The molecule has 1 aromatic heterocycles. The van der Waals surface area contributed by atoms with E-state index in [9.17, 15) is 4.79 Å². The minimum Gasteiger partial charge on any atom is -0.396 e. The number of primary amides is 1. The van der Waals surface area contributed by atoms with Crippen LogP contribution in [0.4, 0.5) is 11.5 Å². The van der Waals surface area contributed by atoms with Crippen molar-refractivity contribution < 1.29 is 4.79 Å². The van der Waals surface area contributed by atoms with Crippen molar-refractivity contribution in [2.75, 3.05) is 11.1 Å². The zero-order valence-electron chi connectivity index (χ0n) is 9.16. The summed E-state index contributed by atoms with van der Waals surface area (Å²) in [5.74, 6) is 0.0219. The monoisotopic (exact) mass is 208 g/mol. The van der Waals surface area contributed by atoms with Crippen molar-refractivity contribution in [1.29, 1.82) is 0 Å². The standard InChI is InChI=1S/C10H16N4O/c1-6-4-7(11)8(13-5-6)14-10(2,3)9(12)15/h4-5H,11H2,1-3H3,(H2,12,15)(H,13,14). The Morgan fingerprint density at radius 3 is 2.60 bits per heavy atom. The molecule has 1 heterocycles. The Bertz CT molecular complexity index is 387. The van der Waals surface area contributed by atoms with Crippen molar-refractivity contribution in [2.24, 2.45) is 5.73 Å². The number of carbonyl (C=O) groups is 1. The van der Waals surface area contributed by atoms with Gasteiger partial charge in [-0.3, -0.25) is 4.79 Å². The van der Waals surface area contributed by atoms with Crippen molar-refractivity contribution in [2.45, 2.75) is 26.3 Å². The quantitative estimate of drug-likeness (QED) is 0.679. The minimum absolute atomic E-state index is 0.454. The number of rotatable bonds is 3. The number of nitrogens with one attached hydrogen (secondary N) is 1. The van der Waals surface area contributed by atoms with E-state index in [-0.39, 0.29) is 0 Å². The van der Waals surface area contributed by atoms with E-state index in [4.69, 9.17) is 11.5 Å². The number of amides is 1. The van der Waals surface area contributed by atoms with Crippen LogP contribution in [0.3, 0.4) is 0 Å². The highest BCUT2D eigenvalue weighted by molar-refractivity contribution is 5.87. The van der Waals surface area contributed by atoms with E-state index in [1.807, 2.05) is 6.92 Å². The molecule has 0 aliphatic carbocycles. The van der Waals surface area contributed by atoms with E-state index < -0.39 is 11.4 Å². The number of anilines is 2. The number of aryl methyl sites for hydroxylation is 1. The van der Waals surface area contributed by atoms with Gasteiger partial charge in [-0.2, -0.15) is 0 Å². The fourth-order valence-corrected chi connectivity index (χ4v) is 1.05. The summed E-state index contributed by atoms with van der Waals surface area (Å²) in [5, 5.41) is 2.90. The molecule has 0 unspecified atom stereocenters. The second kappa shape index (κ2) is 3.76. The van der Waals surface area contributed by atoms with Crippen molar-refractivity contribution in [3.8, 4) is 0 Å². The maximum atomic E-state index is 11.1. The highest BCUT2D eigenvalue weighted by Crippen LogP contribution is 2.20. The highest BCUT2D eigenvalue weighted by atomic mass is 16.1. The maximum absolute atomic E-state index is 11.1. The van der Waals surface area contributed by atoms with Crippen LogP contribution < -0.4 is 16.8 Å². The fraction of sp³-hybridized carbons (Fsp3) is 0.400. The minimum atomic E-state index is -0.865. The van der Waals surface area contributed by atoms with Crippen LogP contribution in [0.15, 0.2) is 12.3 Å². The normalized spacial score (nSPS) is 11.1. The van der Waals surface area contributed by atoms with Gasteiger partial charge in [-0.05, 0) is 32.4 Å². The number of pyridine rings is 1. The molecule has 5 nitrogen and oxygen atoms in total. The molecule has 0 saturated carbocycles. The van der Waals surface area contributed by atoms with Crippen LogP contribution in [-0.2, 0) is 4.79 Å². The molecule has 0 aliphatic rings. The van der Waals surface area contributed by atoms with Gasteiger partial charge in [-0.25, -0.2) is 4.98 Å². The average Bonchev–Trinajstić information content (AvgIpc) is 2.09. The molecule has 1 amide bonds. The number of aromatic nitrogens is 1. The van der Waals surface area contributed by atoms with Gasteiger partial charge < -0.3 is 16.8 Å². The Labute approximate surface area is 88.9 Å². The molecular weight excluding hydrogens is 192 g/mol. The van der Waals surface area contributed by atoms with Gasteiger partial charge in [0.2, 0.25) is 5.91 Å². The van der Waals surface area contributed by atoms with Gasteiger partial charge in [0.25, 0.3) is 0 Å². The smallest absolute Gasteiger partial charge is 0.242 e. The number of hydrogen-bond donors (Lipinski definition) is 3. The molecule has 0 atom stereocenters. The average molecular weight is 208 g/mol. The summed E-state index contributed by atoms with van der Waals surface area (Å²) in [6, 6.07) is 1.78. The van der Waals surface area contributed by atoms with Gasteiger partial charge in [0.1, 0.15) is 11.4 Å². The second-order valence-electron chi connectivity index (χ2n) is 4.06. The number of hydrogen-bond acceptors (Lipinski definition) is 4. The summed E-state index contributed by atoms with van der Waals surface area (Å²) in [7, 11) is 0. The third-order valence-corrected chi connectivity index (χ3v) is 2.10. The van der Waals surface area contributed by atoms with E-state index in [0.29, 0.717) is 11.5 Å². The van der Waals surface area contributed by atoms with Gasteiger partial charge in [0, 0.05) is 6.20 Å². The molecule has 0 spiro atoms. The SMILES string of the molecule is Cc1cnc(NC(C)(C)C(N)=O)c(N)c1. The lowest BCUT2D eigenvalue weighted by atomic mass is 10.1. The van der Waals surface area contributed by atoms with Crippen LogP contribution in [0, 0.1) is 6.92 Å². The maximum Gasteiger partial charge on any atom is 0.242 e. The van der Waals surface area contributed by atoms with Crippen molar-refractivity contribution in [3.05, 3.63) is 17.8 Å². The van der Waals surface area contributed by atoms with Crippen molar-refractivity contribution in [1.82, 2.24) is 4.98 Å². The molecule has 5 heteroatoms. The predicted molar refractivity (Wildman–Crippen MR) is 60.3 cm³/mol. The van der Waals surface area contributed by atoms with Gasteiger partial charge in [-0.15, -0.1) is 0 Å². The molecule has 0 aromatic carbocycles. The lowest BCUT2D eigenvalue weighted by molar-refractivity contribution is -0.121. The summed E-state index contributed by atoms with van der Waals surface area (Å²) in [4.78, 5) is 15.2. The van der Waals surface area contributed by atoms with E-state index >= 15 is 0 Å². The van der Waals surface area contributed by atoms with E-state index in [1.165, 1.54) is 0 Å². The lowest BCUT2D eigenvalue weighted by Gasteiger charge is -2.23. The first-order valence-electron chi connectivity index (χ1n) is 4.63. The summed E-state index contributed by atoms with van der Waals surface area (Å²) >= 11 is 0. The zero-order valence-corrected chi connectivity index (χ0v) is 9.16. The first kappa shape index (κ1) is 11.3. The van der Waals surface area contributed by atoms with Gasteiger partial charge >= 0.3 is 0 Å². The third kappa shape index (κ3) is 2.59. The van der Waals surface area contributed by atoms with Crippen LogP contribution in [0.2, 0.25) is 0 Å². The topological polar surface area (TPSA) is 94.0 Å². The van der Waals surface area contributed by atoms with Crippen LogP contribution >= 0.6 is 0 Å². The summed E-state index contributed by atoms with van der Waals surface area (Å²) in [5.41, 5.74) is 11.6. The molecule has 5 N–H and O–H groups in total. The van der Waals surface area contributed by atoms with Crippen LogP contribution in [0.25, 0.3) is 0 Å². The molecule has 1 aromatic rings. The molecule has 82 valence electrons. The molecular formula is C10H16N4O. The Morgan fingerprint density at radius 2 is 2.13 bits per heavy atom. The Kier molecular flexibility index (Phi) is 2.83. The summed E-state index contributed by atoms with van der Waals surface area (Å²) < 4.78 is 0. The fourth-order valence-electron chi connectivity index (χ4n) is 1.05. The Balaban J connectivity index is 2.95. The molecule has 15 heavy (non-hydrogen) atoms. The van der Waals surface area contributed by atoms with E-state index in [2.05, 4.69) is 10.3 Å². The second-order valence-corrected chi connectivity index (χ2v) is 4.06. The Hall–Kier alpha value is -1.78.